The van der Waals surface area contributed by atoms with E-state index in [1.54, 1.807) is 42.6 Å². The minimum atomic E-state index is -0.364. The molecule has 0 atom stereocenters. The zero-order valence-corrected chi connectivity index (χ0v) is 16.3. The first-order valence-electron chi connectivity index (χ1n) is 9.31. The van der Waals surface area contributed by atoms with Crippen LogP contribution in [0.5, 0.6) is 5.75 Å². The predicted molar refractivity (Wildman–Crippen MR) is 113 cm³/mol. The molecule has 0 aliphatic carbocycles. The van der Waals surface area contributed by atoms with Crippen molar-refractivity contribution in [3.05, 3.63) is 106 Å². The van der Waals surface area contributed by atoms with Crippen LogP contribution in [0, 0.1) is 6.92 Å². The average molecular weight is 384 g/mol. The first kappa shape index (κ1) is 18.6. The molecule has 0 aliphatic heterocycles. The number of carbonyl (C=O) groups excluding carboxylic acids is 1. The largest absolute Gasteiger partial charge is 0.496 e. The number of fused-ring (bicyclic) bond motifs is 1. The van der Waals surface area contributed by atoms with Crippen LogP contribution in [0.1, 0.15) is 27.2 Å². The molecule has 0 unspecified atom stereocenters. The van der Waals surface area contributed by atoms with Crippen molar-refractivity contribution in [1.82, 2.24) is 9.55 Å². The van der Waals surface area contributed by atoms with Crippen LogP contribution in [-0.2, 0) is 6.54 Å². The standard InChI is InChI=1S/C24H20N2O3/c1-16-12-13-19-23(28)20(22(27)18-10-6-7-11-21(18)29-2)15-26(24(19)25-16)14-17-8-4-3-5-9-17/h3-13,15H,14H2,1-2H3. The Morgan fingerprint density at radius 1 is 0.966 bits per heavy atom. The number of aryl methyl sites for hydroxylation is 1. The van der Waals surface area contributed by atoms with Gasteiger partial charge in [0.15, 0.2) is 0 Å². The van der Waals surface area contributed by atoms with Gasteiger partial charge in [-0.05, 0) is 36.8 Å². The molecule has 2 heterocycles. The van der Waals surface area contributed by atoms with Gasteiger partial charge in [0.1, 0.15) is 11.4 Å². The van der Waals surface area contributed by atoms with Crippen molar-refractivity contribution in [3.8, 4) is 5.75 Å². The van der Waals surface area contributed by atoms with E-state index in [2.05, 4.69) is 4.98 Å². The Bertz CT molecular complexity index is 1260. The maximum Gasteiger partial charge on any atom is 0.202 e. The third-order valence-corrected chi connectivity index (χ3v) is 4.85. The van der Waals surface area contributed by atoms with E-state index in [1.165, 1.54) is 7.11 Å². The van der Waals surface area contributed by atoms with Crippen LogP contribution in [0.3, 0.4) is 0 Å². The summed E-state index contributed by atoms with van der Waals surface area (Å²) in [6.45, 7) is 2.38. The molecule has 0 fully saturated rings. The summed E-state index contributed by atoms with van der Waals surface area (Å²) < 4.78 is 7.18. The van der Waals surface area contributed by atoms with Gasteiger partial charge in [0.25, 0.3) is 0 Å². The first-order valence-corrected chi connectivity index (χ1v) is 9.31. The van der Waals surface area contributed by atoms with Crippen molar-refractivity contribution in [2.24, 2.45) is 0 Å². The van der Waals surface area contributed by atoms with Crippen LogP contribution in [0.25, 0.3) is 11.0 Å². The number of aromatic nitrogens is 2. The Kier molecular flexibility index (Phi) is 4.96. The molecule has 5 nitrogen and oxygen atoms in total. The maximum atomic E-state index is 13.2. The molecule has 0 saturated heterocycles. The molecule has 4 rings (SSSR count). The van der Waals surface area contributed by atoms with Crippen LogP contribution < -0.4 is 10.2 Å². The lowest BCUT2D eigenvalue weighted by atomic mass is 10.0. The van der Waals surface area contributed by atoms with Crippen molar-refractivity contribution in [2.75, 3.05) is 7.11 Å². The topological polar surface area (TPSA) is 61.2 Å². The van der Waals surface area contributed by atoms with Crippen molar-refractivity contribution < 1.29 is 9.53 Å². The van der Waals surface area contributed by atoms with E-state index < -0.39 is 0 Å². The number of methoxy groups -OCH3 is 1. The van der Waals surface area contributed by atoms with E-state index in [0.29, 0.717) is 28.9 Å². The van der Waals surface area contributed by atoms with Gasteiger partial charge >= 0.3 is 0 Å². The molecule has 5 heteroatoms. The monoisotopic (exact) mass is 384 g/mol. The van der Waals surface area contributed by atoms with Gasteiger partial charge in [0, 0.05) is 18.4 Å². The Labute approximate surface area is 168 Å². The van der Waals surface area contributed by atoms with E-state index in [9.17, 15) is 9.59 Å². The molecule has 0 aliphatic rings. The van der Waals surface area contributed by atoms with E-state index in [4.69, 9.17) is 4.74 Å². The summed E-state index contributed by atoms with van der Waals surface area (Å²) in [5.41, 5.74) is 2.56. The number of ketones is 1. The highest BCUT2D eigenvalue weighted by Crippen LogP contribution is 2.21. The normalized spacial score (nSPS) is 10.8. The van der Waals surface area contributed by atoms with Gasteiger partial charge in [-0.2, -0.15) is 0 Å². The highest BCUT2D eigenvalue weighted by molar-refractivity contribution is 6.11. The Morgan fingerprint density at radius 2 is 1.69 bits per heavy atom. The second kappa shape index (κ2) is 7.72. The number of ether oxygens (including phenoxy) is 1. The van der Waals surface area contributed by atoms with Crippen LogP contribution >= 0.6 is 0 Å². The van der Waals surface area contributed by atoms with Gasteiger partial charge in [-0.25, -0.2) is 4.98 Å². The number of benzene rings is 2. The third kappa shape index (κ3) is 3.55. The van der Waals surface area contributed by atoms with Crippen LogP contribution in [0.4, 0.5) is 0 Å². The fourth-order valence-corrected chi connectivity index (χ4v) is 3.40. The maximum absolute atomic E-state index is 13.2. The van der Waals surface area contributed by atoms with Crippen LogP contribution in [0.15, 0.2) is 77.7 Å². The highest BCUT2D eigenvalue weighted by atomic mass is 16.5. The van der Waals surface area contributed by atoms with Gasteiger partial charge in [-0.3, -0.25) is 9.59 Å². The van der Waals surface area contributed by atoms with Gasteiger partial charge in [-0.1, -0.05) is 42.5 Å². The van der Waals surface area contributed by atoms with Crippen LogP contribution in [0.2, 0.25) is 0 Å². The minimum absolute atomic E-state index is 0.101. The molecule has 0 amide bonds. The minimum Gasteiger partial charge on any atom is -0.496 e. The smallest absolute Gasteiger partial charge is 0.202 e. The molecule has 0 saturated carbocycles. The molecule has 144 valence electrons. The lowest BCUT2D eigenvalue weighted by molar-refractivity contribution is 0.103. The number of carbonyl (C=O) groups is 1. The fourth-order valence-electron chi connectivity index (χ4n) is 3.40. The number of hydrogen-bond acceptors (Lipinski definition) is 4. The van der Waals surface area contributed by atoms with Gasteiger partial charge in [0.2, 0.25) is 11.2 Å². The number of para-hydroxylation sites is 1. The zero-order valence-electron chi connectivity index (χ0n) is 16.3. The molecule has 2 aromatic heterocycles. The quantitative estimate of drug-likeness (QED) is 0.488. The summed E-state index contributed by atoms with van der Waals surface area (Å²) in [6.07, 6.45) is 1.61. The summed E-state index contributed by atoms with van der Waals surface area (Å²) in [4.78, 5) is 31.0. The Morgan fingerprint density at radius 3 is 2.45 bits per heavy atom. The molecule has 29 heavy (non-hydrogen) atoms. The number of pyridine rings is 2. The SMILES string of the molecule is COc1ccccc1C(=O)c1cn(Cc2ccccc2)c2nc(C)ccc2c1=O. The summed E-state index contributed by atoms with van der Waals surface area (Å²) >= 11 is 0. The third-order valence-electron chi connectivity index (χ3n) is 4.85. The van der Waals surface area contributed by atoms with E-state index in [0.717, 1.165) is 11.3 Å². The fraction of sp³-hybridized carbons (Fsp3) is 0.125. The summed E-state index contributed by atoms with van der Waals surface area (Å²) in [6, 6.07) is 20.3. The summed E-state index contributed by atoms with van der Waals surface area (Å²) in [5.74, 6) is 0.0744. The van der Waals surface area contributed by atoms with E-state index in [-0.39, 0.29) is 16.8 Å². The van der Waals surface area contributed by atoms with Crippen molar-refractivity contribution in [3.63, 3.8) is 0 Å². The van der Waals surface area contributed by atoms with Gasteiger partial charge in [-0.15, -0.1) is 0 Å². The van der Waals surface area contributed by atoms with Gasteiger partial charge in [0.05, 0.1) is 23.6 Å². The molecule has 0 radical (unpaired) electrons. The van der Waals surface area contributed by atoms with Crippen LogP contribution in [-0.4, -0.2) is 22.4 Å². The molecule has 4 aromatic rings. The average Bonchev–Trinajstić information content (AvgIpc) is 2.76. The molecule has 0 bridgehead atoms. The number of nitrogens with zero attached hydrogens (tertiary/aromatic N) is 2. The second-order valence-corrected chi connectivity index (χ2v) is 6.84. The zero-order chi connectivity index (χ0) is 20.4. The van der Waals surface area contributed by atoms with E-state index in [1.807, 2.05) is 41.8 Å². The van der Waals surface area contributed by atoms with E-state index >= 15 is 0 Å². The summed E-state index contributed by atoms with van der Waals surface area (Å²) in [5, 5.41) is 0.423. The molecule has 2 aromatic carbocycles. The molecule has 0 spiro atoms. The van der Waals surface area contributed by atoms with Crippen molar-refractivity contribution in [2.45, 2.75) is 13.5 Å². The molecular formula is C24H20N2O3. The number of rotatable bonds is 5. The van der Waals surface area contributed by atoms with Crippen molar-refractivity contribution >= 4 is 16.8 Å². The predicted octanol–water partition coefficient (Wildman–Crippen LogP) is 3.99. The summed E-state index contributed by atoms with van der Waals surface area (Å²) in [7, 11) is 1.51. The molecule has 0 N–H and O–H groups in total. The molecular weight excluding hydrogens is 364 g/mol. The Hall–Kier alpha value is -3.73. The second-order valence-electron chi connectivity index (χ2n) is 6.84. The lowest BCUT2D eigenvalue weighted by Crippen LogP contribution is -2.21. The highest BCUT2D eigenvalue weighted by Gasteiger charge is 2.20. The van der Waals surface area contributed by atoms with Crippen molar-refractivity contribution in [1.29, 1.82) is 0 Å². The number of hydrogen-bond donors (Lipinski definition) is 0. The Balaban J connectivity index is 1.93. The first-order chi connectivity index (χ1) is 14.1. The van der Waals surface area contributed by atoms with Gasteiger partial charge < -0.3 is 9.30 Å². The lowest BCUT2D eigenvalue weighted by Gasteiger charge is -2.14.